The first-order valence-corrected chi connectivity index (χ1v) is 9.66. The van der Waals surface area contributed by atoms with Gasteiger partial charge in [-0.15, -0.1) is 0 Å². The van der Waals surface area contributed by atoms with Gasteiger partial charge in [0.25, 0.3) is 0 Å². The average Bonchev–Trinajstić information content (AvgIpc) is 2.76. The van der Waals surface area contributed by atoms with Crippen molar-refractivity contribution in [1.82, 2.24) is 0 Å². The largest absolute Gasteiger partial charge is 0.502 e. The molecule has 0 atom stereocenters. The Hall–Kier alpha value is -3.25. The van der Waals surface area contributed by atoms with Crippen LogP contribution in [0.5, 0.6) is 17.2 Å². The first-order valence-electron chi connectivity index (χ1n) is 8.87. The fourth-order valence-electron chi connectivity index (χ4n) is 3.02. The number of halogens is 1. The summed E-state index contributed by atoms with van der Waals surface area (Å²) in [5.74, 6) is 0.649. The fourth-order valence-corrected chi connectivity index (χ4v) is 3.38. The molecular weight excluding hydrogens is 436 g/mol. The molecule has 0 amide bonds. The van der Waals surface area contributed by atoms with Crippen LogP contribution in [0.4, 0.5) is 0 Å². The van der Waals surface area contributed by atoms with Gasteiger partial charge in [0.1, 0.15) is 12.2 Å². The van der Waals surface area contributed by atoms with E-state index in [1.807, 2.05) is 30.3 Å². The fraction of sp³-hybridized carbons (Fsp3) is 0.0870. The molecular formula is C23H17BrO5. The van der Waals surface area contributed by atoms with E-state index in [1.165, 1.54) is 7.11 Å². The van der Waals surface area contributed by atoms with Gasteiger partial charge in [-0.3, -0.25) is 4.79 Å². The Bertz CT molecular complexity index is 1230. The number of methoxy groups -OCH3 is 1. The van der Waals surface area contributed by atoms with Crippen molar-refractivity contribution < 1.29 is 19.0 Å². The highest BCUT2D eigenvalue weighted by Gasteiger charge is 2.17. The second-order valence-electron chi connectivity index (χ2n) is 6.39. The van der Waals surface area contributed by atoms with Crippen LogP contribution < -0.4 is 14.9 Å². The molecule has 0 fully saturated rings. The van der Waals surface area contributed by atoms with Crippen molar-refractivity contribution in [2.75, 3.05) is 7.11 Å². The van der Waals surface area contributed by atoms with E-state index in [1.54, 1.807) is 36.4 Å². The highest BCUT2D eigenvalue weighted by Crippen LogP contribution is 2.37. The SMILES string of the molecule is COc1cc(-c2oc3ccc(Br)cc3c(=O)c2O)ccc1OCc1ccccc1. The summed E-state index contributed by atoms with van der Waals surface area (Å²) in [5.41, 5.74) is 1.43. The number of hydrogen-bond acceptors (Lipinski definition) is 5. The monoisotopic (exact) mass is 452 g/mol. The topological polar surface area (TPSA) is 68.9 Å². The van der Waals surface area contributed by atoms with E-state index >= 15 is 0 Å². The number of benzene rings is 3. The van der Waals surface area contributed by atoms with Crippen LogP contribution in [-0.2, 0) is 6.61 Å². The second-order valence-corrected chi connectivity index (χ2v) is 7.30. The molecule has 0 saturated carbocycles. The van der Waals surface area contributed by atoms with Crippen molar-refractivity contribution in [2.45, 2.75) is 6.61 Å². The van der Waals surface area contributed by atoms with Crippen LogP contribution in [-0.4, -0.2) is 12.2 Å². The molecule has 1 heterocycles. The minimum absolute atomic E-state index is 0.0812. The number of ether oxygens (including phenoxy) is 2. The van der Waals surface area contributed by atoms with Crippen LogP contribution >= 0.6 is 15.9 Å². The van der Waals surface area contributed by atoms with Gasteiger partial charge in [0, 0.05) is 10.0 Å². The van der Waals surface area contributed by atoms with Gasteiger partial charge in [-0.05, 0) is 42.0 Å². The Morgan fingerprint density at radius 3 is 2.55 bits per heavy atom. The second kappa shape index (κ2) is 8.01. The third-order valence-corrected chi connectivity index (χ3v) is 4.98. The summed E-state index contributed by atoms with van der Waals surface area (Å²) in [6.07, 6.45) is 0. The first kappa shape index (κ1) is 19.1. The minimum Gasteiger partial charge on any atom is -0.502 e. The lowest BCUT2D eigenvalue weighted by Gasteiger charge is -2.13. The maximum Gasteiger partial charge on any atom is 0.235 e. The number of hydrogen-bond donors (Lipinski definition) is 1. The molecule has 0 aliphatic heterocycles. The van der Waals surface area contributed by atoms with Crippen LogP contribution in [0.15, 0.2) is 80.4 Å². The van der Waals surface area contributed by atoms with E-state index < -0.39 is 11.2 Å². The molecule has 0 bridgehead atoms. The predicted octanol–water partition coefficient (Wildman–Crippen LogP) is 5.52. The highest BCUT2D eigenvalue weighted by molar-refractivity contribution is 9.10. The zero-order valence-corrected chi connectivity index (χ0v) is 17.1. The molecule has 0 aliphatic carbocycles. The zero-order chi connectivity index (χ0) is 20.4. The summed E-state index contributed by atoms with van der Waals surface area (Å²) in [6, 6.07) is 20.0. The van der Waals surface area contributed by atoms with Crippen LogP contribution in [0.3, 0.4) is 0 Å². The minimum atomic E-state index is -0.495. The Labute approximate surface area is 175 Å². The molecule has 0 unspecified atom stereocenters. The van der Waals surface area contributed by atoms with Crippen LogP contribution in [0.2, 0.25) is 0 Å². The maximum absolute atomic E-state index is 12.6. The molecule has 0 saturated heterocycles. The van der Waals surface area contributed by atoms with Gasteiger partial charge in [-0.1, -0.05) is 46.3 Å². The summed E-state index contributed by atoms with van der Waals surface area (Å²) in [6.45, 7) is 0.391. The number of rotatable bonds is 5. The van der Waals surface area contributed by atoms with Gasteiger partial charge in [-0.25, -0.2) is 0 Å². The molecule has 29 heavy (non-hydrogen) atoms. The Balaban J connectivity index is 1.71. The van der Waals surface area contributed by atoms with Gasteiger partial charge in [-0.2, -0.15) is 0 Å². The summed E-state index contributed by atoms with van der Waals surface area (Å²) < 4.78 is 17.8. The molecule has 1 aromatic heterocycles. The Morgan fingerprint density at radius 1 is 1.00 bits per heavy atom. The third-order valence-electron chi connectivity index (χ3n) is 4.49. The number of aromatic hydroxyl groups is 1. The zero-order valence-electron chi connectivity index (χ0n) is 15.5. The summed E-state index contributed by atoms with van der Waals surface area (Å²) >= 11 is 3.32. The van der Waals surface area contributed by atoms with E-state index in [-0.39, 0.29) is 5.76 Å². The lowest BCUT2D eigenvalue weighted by atomic mass is 10.1. The van der Waals surface area contributed by atoms with E-state index in [0.717, 1.165) is 10.0 Å². The van der Waals surface area contributed by atoms with Crippen molar-refractivity contribution >= 4 is 26.9 Å². The maximum atomic E-state index is 12.6. The van der Waals surface area contributed by atoms with E-state index in [0.29, 0.717) is 34.6 Å². The smallest absolute Gasteiger partial charge is 0.235 e. The molecule has 4 aromatic rings. The predicted molar refractivity (Wildman–Crippen MR) is 115 cm³/mol. The van der Waals surface area contributed by atoms with E-state index in [4.69, 9.17) is 13.9 Å². The number of fused-ring (bicyclic) bond motifs is 1. The molecule has 5 nitrogen and oxygen atoms in total. The van der Waals surface area contributed by atoms with Gasteiger partial charge in [0.05, 0.1) is 12.5 Å². The molecule has 1 N–H and O–H groups in total. The van der Waals surface area contributed by atoms with Crippen LogP contribution in [0.1, 0.15) is 5.56 Å². The molecule has 3 aromatic carbocycles. The summed E-state index contributed by atoms with van der Waals surface area (Å²) in [5, 5.41) is 10.7. The molecule has 4 rings (SSSR count). The van der Waals surface area contributed by atoms with E-state index in [9.17, 15) is 9.90 Å². The highest BCUT2D eigenvalue weighted by atomic mass is 79.9. The Kier molecular flexibility index (Phi) is 5.27. The quantitative estimate of drug-likeness (QED) is 0.431. The average molecular weight is 453 g/mol. The lowest BCUT2D eigenvalue weighted by molar-refractivity contribution is 0.284. The van der Waals surface area contributed by atoms with Crippen LogP contribution in [0, 0.1) is 0 Å². The third kappa shape index (κ3) is 3.84. The molecule has 146 valence electrons. The molecule has 0 spiro atoms. The summed E-state index contributed by atoms with van der Waals surface area (Å²) in [7, 11) is 1.53. The molecule has 6 heteroatoms. The lowest BCUT2D eigenvalue weighted by Crippen LogP contribution is -2.03. The van der Waals surface area contributed by atoms with Crippen molar-refractivity contribution in [3.63, 3.8) is 0 Å². The standard InChI is InChI=1S/C23H17BrO5/c1-27-20-11-15(7-9-19(20)28-13-14-5-3-2-4-6-14)23-22(26)21(25)17-12-16(24)8-10-18(17)29-23/h2-12,26H,13H2,1H3. The van der Waals surface area contributed by atoms with Crippen LogP contribution in [0.25, 0.3) is 22.3 Å². The molecule has 0 radical (unpaired) electrons. The normalized spacial score (nSPS) is 10.8. The van der Waals surface area contributed by atoms with Gasteiger partial charge in [0.2, 0.25) is 11.2 Å². The van der Waals surface area contributed by atoms with Gasteiger partial charge < -0.3 is 19.0 Å². The summed E-state index contributed by atoms with van der Waals surface area (Å²) in [4.78, 5) is 12.6. The first-order chi connectivity index (χ1) is 14.1. The van der Waals surface area contributed by atoms with Crippen molar-refractivity contribution in [3.05, 3.63) is 87.0 Å². The van der Waals surface area contributed by atoms with Gasteiger partial charge >= 0.3 is 0 Å². The van der Waals surface area contributed by atoms with E-state index in [2.05, 4.69) is 15.9 Å². The molecule has 0 aliphatic rings. The van der Waals surface area contributed by atoms with Gasteiger partial charge in [0.15, 0.2) is 17.3 Å². The Morgan fingerprint density at radius 2 is 1.79 bits per heavy atom. The van der Waals surface area contributed by atoms with Crippen molar-refractivity contribution in [2.24, 2.45) is 0 Å². The van der Waals surface area contributed by atoms with Crippen molar-refractivity contribution in [1.29, 1.82) is 0 Å². The van der Waals surface area contributed by atoms with Crippen molar-refractivity contribution in [3.8, 4) is 28.6 Å².